The zero-order valence-electron chi connectivity index (χ0n) is 8.40. The lowest BCUT2D eigenvalue weighted by molar-refractivity contribution is -0.147. The summed E-state index contributed by atoms with van der Waals surface area (Å²) in [4.78, 5) is 21.2. The molecule has 5 nitrogen and oxygen atoms in total. The lowest BCUT2D eigenvalue weighted by atomic mass is 10.2. The van der Waals surface area contributed by atoms with E-state index < -0.39 is 11.9 Å². The van der Waals surface area contributed by atoms with Crippen LogP contribution in [0.25, 0.3) is 0 Å². The second-order valence-electron chi connectivity index (χ2n) is 2.94. The van der Waals surface area contributed by atoms with Gasteiger partial charge in [-0.1, -0.05) is 6.07 Å². The Morgan fingerprint density at radius 3 is 2.60 bits per heavy atom. The summed E-state index contributed by atoms with van der Waals surface area (Å²) in [7, 11) is 1.49. The Balaban J connectivity index is 2.93. The fourth-order valence-corrected chi connectivity index (χ4v) is 1.04. The number of carbonyl (C=O) groups excluding carboxylic acids is 1. The number of rotatable bonds is 2. The molecule has 0 unspecified atom stereocenters. The molecule has 1 aromatic carbocycles. The third-order valence-corrected chi connectivity index (χ3v) is 1.89. The Hall–Kier alpha value is -2.04. The van der Waals surface area contributed by atoms with Crippen molar-refractivity contribution in [2.45, 2.75) is 6.92 Å². The molecule has 1 rings (SSSR count). The van der Waals surface area contributed by atoms with E-state index in [0.717, 1.165) is 5.56 Å². The van der Waals surface area contributed by atoms with Crippen LogP contribution in [0.2, 0.25) is 0 Å². The minimum absolute atomic E-state index is 0.432. The maximum Gasteiger partial charge on any atom is 0.394 e. The number of carboxylic acid groups (broad SMARTS) is 1. The summed E-state index contributed by atoms with van der Waals surface area (Å²) in [5, 5.41) is 10.7. The van der Waals surface area contributed by atoms with Crippen molar-refractivity contribution in [3.8, 4) is 5.75 Å². The number of carbonyl (C=O) groups is 2. The van der Waals surface area contributed by atoms with Gasteiger partial charge in [0.25, 0.3) is 0 Å². The molecule has 0 saturated heterocycles. The third-order valence-electron chi connectivity index (χ3n) is 1.89. The van der Waals surface area contributed by atoms with Gasteiger partial charge in [-0.15, -0.1) is 0 Å². The van der Waals surface area contributed by atoms with Gasteiger partial charge in [-0.05, 0) is 18.6 Å². The van der Waals surface area contributed by atoms with Gasteiger partial charge in [0.1, 0.15) is 5.75 Å². The van der Waals surface area contributed by atoms with E-state index in [2.05, 4.69) is 5.32 Å². The molecule has 0 bridgehead atoms. The average molecular weight is 209 g/mol. The van der Waals surface area contributed by atoms with E-state index in [4.69, 9.17) is 9.84 Å². The molecule has 0 saturated carbocycles. The maximum atomic E-state index is 10.9. The molecule has 0 atom stereocenters. The quantitative estimate of drug-likeness (QED) is 0.713. The van der Waals surface area contributed by atoms with Crippen molar-refractivity contribution < 1.29 is 19.4 Å². The summed E-state index contributed by atoms with van der Waals surface area (Å²) in [6, 6.07) is 5.03. The lowest BCUT2D eigenvalue weighted by Gasteiger charge is -2.08. The van der Waals surface area contributed by atoms with Gasteiger partial charge in [-0.2, -0.15) is 0 Å². The van der Waals surface area contributed by atoms with Gasteiger partial charge in [-0.3, -0.25) is 4.79 Å². The fraction of sp³-hybridized carbons (Fsp3) is 0.200. The molecule has 1 amide bonds. The molecule has 2 N–H and O–H groups in total. The van der Waals surface area contributed by atoms with Crippen LogP contribution in [0.15, 0.2) is 18.2 Å². The molecule has 0 radical (unpaired) electrons. The minimum Gasteiger partial charge on any atom is -0.497 e. The van der Waals surface area contributed by atoms with Crippen LogP contribution in [0.3, 0.4) is 0 Å². The number of methoxy groups -OCH3 is 1. The van der Waals surface area contributed by atoms with Gasteiger partial charge in [0, 0.05) is 11.8 Å². The molecule has 15 heavy (non-hydrogen) atoms. The Labute approximate surface area is 86.7 Å². The second-order valence-corrected chi connectivity index (χ2v) is 2.94. The zero-order valence-corrected chi connectivity index (χ0v) is 8.40. The fourth-order valence-electron chi connectivity index (χ4n) is 1.04. The molecular weight excluding hydrogens is 198 g/mol. The monoisotopic (exact) mass is 209 g/mol. The lowest BCUT2D eigenvalue weighted by Crippen LogP contribution is -2.22. The first-order chi connectivity index (χ1) is 7.04. The average Bonchev–Trinajstić information content (AvgIpc) is 2.21. The number of aryl methyl sites for hydroxylation is 1. The first kappa shape index (κ1) is 11.0. The SMILES string of the molecule is COc1ccc(C)c(NC(=O)C(=O)O)c1. The maximum absolute atomic E-state index is 10.9. The van der Waals surface area contributed by atoms with Gasteiger partial charge < -0.3 is 15.2 Å². The van der Waals surface area contributed by atoms with Crippen LogP contribution in [0, 0.1) is 6.92 Å². The van der Waals surface area contributed by atoms with Crippen LogP contribution in [-0.4, -0.2) is 24.1 Å². The van der Waals surface area contributed by atoms with E-state index >= 15 is 0 Å². The molecule has 0 heterocycles. The molecule has 0 aliphatic rings. The third kappa shape index (κ3) is 2.70. The number of anilines is 1. The van der Waals surface area contributed by atoms with Crippen molar-refractivity contribution in [2.75, 3.05) is 12.4 Å². The number of aliphatic carboxylic acids is 1. The van der Waals surface area contributed by atoms with Crippen molar-refractivity contribution in [1.82, 2.24) is 0 Å². The van der Waals surface area contributed by atoms with E-state index in [1.807, 2.05) is 0 Å². The normalized spacial score (nSPS) is 9.47. The van der Waals surface area contributed by atoms with Crippen molar-refractivity contribution in [3.05, 3.63) is 23.8 Å². The van der Waals surface area contributed by atoms with Crippen LogP contribution in [-0.2, 0) is 9.59 Å². The number of carboxylic acids is 1. The van der Waals surface area contributed by atoms with Crippen molar-refractivity contribution in [1.29, 1.82) is 0 Å². The molecular formula is C10H11NO4. The van der Waals surface area contributed by atoms with E-state index in [-0.39, 0.29) is 0 Å². The molecule has 80 valence electrons. The predicted molar refractivity (Wildman–Crippen MR) is 54.0 cm³/mol. The topological polar surface area (TPSA) is 75.6 Å². The number of hydrogen-bond acceptors (Lipinski definition) is 3. The smallest absolute Gasteiger partial charge is 0.394 e. The van der Waals surface area contributed by atoms with Gasteiger partial charge >= 0.3 is 11.9 Å². The number of hydrogen-bond donors (Lipinski definition) is 2. The largest absolute Gasteiger partial charge is 0.497 e. The molecule has 0 aromatic heterocycles. The van der Waals surface area contributed by atoms with Gasteiger partial charge in [0.05, 0.1) is 7.11 Å². The first-order valence-corrected chi connectivity index (χ1v) is 4.23. The molecule has 0 fully saturated rings. The molecule has 5 heteroatoms. The highest BCUT2D eigenvalue weighted by molar-refractivity contribution is 6.36. The highest BCUT2D eigenvalue weighted by atomic mass is 16.5. The van der Waals surface area contributed by atoms with Gasteiger partial charge in [0.15, 0.2) is 0 Å². The number of nitrogens with one attached hydrogen (secondary N) is 1. The molecule has 0 spiro atoms. The van der Waals surface area contributed by atoms with Crippen molar-refractivity contribution in [3.63, 3.8) is 0 Å². The Morgan fingerprint density at radius 1 is 1.40 bits per heavy atom. The standard InChI is InChI=1S/C10H11NO4/c1-6-3-4-7(15-2)5-8(6)11-9(12)10(13)14/h3-5H,1-2H3,(H,11,12)(H,13,14). The van der Waals surface area contributed by atoms with E-state index in [1.165, 1.54) is 7.11 Å². The summed E-state index contributed by atoms with van der Waals surface area (Å²) in [5.41, 5.74) is 1.20. The van der Waals surface area contributed by atoms with Gasteiger partial charge in [0.2, 0.25) is 0 Å². The predicted octanol–water partition coefficient (Wildman–Crippen LogP) is 1.03. The molecule has 0 aliphatic heterocycles. The van der Waals surface area contributed by atoms with E-state index in [1.54, 1.807) is 25.1 Å². The molecule has 1 aromatic rings. The minimum atomic E-state index is -1.52. The van der Waals surface area contributed by atoms with Crippen LogP contribution in [0.5, 0.6) is 5.75 Å². The summed E-state index contributed by atoms with van der Waals surface area (Å²) < 4.78 is 4.95. The highest BCUT2D eigenvalue weighted by Crippen LogP contribution is 2.21. The van der Waals surface area contributed by atoms with Crippen LogP contribution < -0.4 is 10.1 Å². The van der Waals surface area contributed by atoms with Gasteiger partial charge in [-0.25, -0.2) is 4.79 Å². The van der Waals surface area contributed by atoms with E-state index in [0.29, 0.717) is 11.4 Å². The Kier molecular flexibility index (Phi) is 3.28. The highest BCUT2D eigenvalue weighted by Gasteiger charge is 2.12. The Bertz CT molecular complexity index is 400. The van der Waals surface area contributed by atoms with E-state index in [9.17, 15) is 9.59 Å². The second kappa shape index (κ2) is 4.45. The number of ether oxygens (including phenoxy) is 1. The van der Waals surface area contributed by atoms with Crippen LogP contribution in [0.1, 0.15) is 5.56 Å². The number of benzene rings is 1. The van der Waals surface area contributed by atoms with Crippen molar-refractivity contribution >= 4 is 17.6 Å². The van der Waals surface area contributed by atoms with Crippen LogP contribution in [0.4, 0.5) is 5.69 Å². The number of amides is 1. The molecule has 0 aliphatic carbocycles. The van der Waals surface area contributed by atoms with Crippen molar-refractivity contribution in [2.24, 2.45) is 0 Å². The summed E-state index contributed by atoms with van der Waals surface area (Å²) in [6.45, 7) is 1.76. The summed E-state index contributed by atoms with van der Waals surface area (Å²) in [5.74, 6) is -2.02. The Morgan fingerprint density at radius 2 is 2.07 bits per heavy atom. The summed E-state index contributed by atoms with van der Waals surface area (Å²) >= 11 is 0. The van der Waals surface area contributed by atoms with Crippen LogP contribution >= 0.6 is 0 Å². The first-order valence-electron chi connectivity index (χ1n) is 4.23. The summed E-state index contributed by atoms with van der Waals surface area (Å²) in [6.07, 6.45) is 0. The zero-order chi connectivity index (χ0) is 11.4.